The van der Waals surface area contributed by atoms with Crippen molar-refractivity contribution >= 4 is 5.91 Å². The van der Waals surface area contributed by atoms with Gasteiger partial charge in [0.05, 0.1) is 24.3 Å². The maximum Gasteiger partial charge on any atom is 0.255 e. The van der Waals surface area contributed by atoms with E-state index in [0.717, 1.165) is 58.1 Å². The summed E-state index contributed by atoms with van der Waals surface area (Å²) in [5.41, 5.74) is 0.674. The molecule has 26 heavy (non-hydrogen) atoms. The van der Waals surface area contributed by atoms with Crippen molar-refractivity contribution in [3.63, 3.8) is 0 Å². The number of carbonyl (C=O) groups excluding carboxylic acids is 1. The Kier molecular flexibility index (Phi) is 5.82. The standard InChI is InChI=1S/C20H29N3O3/c24-20(16-2-1-8-21-12-16)23-9-5-17(6-10-23)22-18-14-25-11-7-19(18)26-13-15-3-4-15/h1-2,8,12,15,17-19,22H,3-7,9-11,13-14H2/t18-,19+/m1/s1. The van der Waals surface area contributed by atoms with Crippen LogP contribution in [0, 0.1) is 5.92 Å². The number of carbonyl (C=O) groups is 1. The van der Waals surface area contributed by atoms with Crippen LogP contribution in [0.4, 0.5) is 0 Å². The van der Waals surface area contributed by atoms with E-state index in [1.807, 2.05) is 17.0 Å². The molecule has 1 amide bonds. The van der Waals surface area contributed by atoms with E-state index in [1.165, 1.54) is 12.8 Å². The van der Waals surface area contributed by atoms with Gasteiger partial charge < -0.3 is 19.7 Å². The van der Waals surface area contributed by atoms with E-state index in [4.69, 9.17) is 9.47 Å². The first-order valence-electron chi connectivity index (χ1n) is 9.94. The van der Waals surface area contributed by atoms with Gasteiger partial charge in [-0.1, -0.05) is 0 Å². The number of hydrogen-bond donors (Lipinski definition) is 1. The smallest absolute Gasteiger partial charge is 0.255 e. The minimum Gasteiger partial charge on any atom is -0.380 e. The van der Waals surface area contributed by atoms with Crippen molar-refractivity contribution in [3.05, 3.63) is 30.1 Å². The van der Waals surface area contributed by atoms with Crippen molar-refractivity contribution in [3.8, 4) is 0 Å². The fourth-order valence-electron chi connectivity index (χ4n) is 3.84. The molecular formula is C20H29N3O3. The molecule has 0 bridgehead atoms. The number of nitrogens with zero attached hydrogens (tertiary/aromatic N) is 2. The highest BCUT2D eigenvalue weighted by molar-refractivity contribution is 5.93. The number of aromatic nitrogens is 1. The number of ether oxygens (including phenoxy) is 2. The highest BCUT2D eigenvalue weighted by atomic mass is 16.5. The lowest BCUT2D eigenvalue weighted by molar-refractivity contribution is -0.0628. The van der Waals surface area contributed by atoms with Gasteiger partial charge in [0, 0.05) is 44.7 Å². The van der Waals surface area contributed by atoms with Crippen LogP contribution < -0.4 is 5.32 Å². The Bertz CT molecular complexity index is 585. The zero-order valence-corrected chi connectivity index (χ0v) is 15.3. The molecule has 6 nitrogen and oxygen atoms in total. The molecule has 0 spiro atoms. The zero-order valence-electron chi connectivity index (χ0n) is 15.3. The Morgan fingerprint density at radius 1 is 1.27 bits per heavy atom. The van der Waals surface area contributed by atoms with Gasteiger partial charge in [0.25, 0.3) is 5.91 Å². The molecular weight excluding hydrogens is 330 g/mol. The van der Waals surface area contributed by atoms with Gasteiger partial charge in [-0.25, -0.2) is 0 Å². The van der Waals surface area contributed by atoms with Gasteiger partial charge in [-0.05, 0) is 50.2 Å². The molecule has 1 saturated carbocycles. The summed E-state index contributed by atoms with van der Waals surface area (Å²) in [4.78, 5) is 18.5. The predicted octanol–water partition coefficient (Wildman–Crippen LogP) is 1.86. The molecule has 3 aliphatic rings. The Hall–Kier alpha value is -1.50. The Labute approximate surface area is 155 Å². The van der Waals surface area contributed by atoms with E-state index >= 15 is 0 Å². The summed E-state index contributed by atoms with van der Waals surface area (Å²) in [6.45, 7) is 4.00. The maximum absolute atomic E-state index is 12.5. The topological polar surface area (TPSA) is 63.7 Å². The van der Waals surface area contributed by atoms with Crippen LogP contribution in [0.15, 0.2) is 24.5 Å². The first kappa shape index (κ1) is 17.9. The monoisotopic (exact) mass is 359 g/mol. The van der Waals surface area contributed by atoms with E-state index in [9.17, 15) is 4.79 Å². The molecule has 1 aliphatic carbocycles. The molecule has 0 unspecified atom stereocenters. The van der Waals surface area contributed by atoms with Crippen LogP contribution >= 0.6 is 0 Å². The number of nitrogens with one attached hydrogen (secondary N) is 1. The number of likely N-dealkylation sites (tertiary alicyclic amines) is 1. The molecule has 4 rings (SSSR count). The maximum atomic E-state index is 12.5. The van der Waals surface area contributed by atoms with E-state index in [-0.39, 0.29) is 18.1 Å². The van der Waals surface area contributed by atoms with E-state index < -0.39 is 0 Å². The molecule has 142 valence electrons. The minimum atomic E-state index is 0.0863. The Morgan fingerprint density at radius 2 is 2.12 bits per heavy atom. The largest absolute Gasteiger partial charge is 0.380 e. The van der Waals surface area contributed by atoms with Crippen LogP contribution in [-0.2, 0) is 9.47 Å². The summed E-state index contributed by atoms with van der Waals surface area (Å²) >= 11 is 0. The van der Waals surface area contributed by atoms with E-state index in [1.54, 1.807) is 12.4 Å². The van der Waals surface area contributed by atoms with Gasteiger partial charge in [0.1, 0.15) is 0 Å². The second-order valence-electron chi connectivity index (χ2n) is 7.76. The second kappa shape index (κ2) is 8.46. The van der Waals surface area contributed by atoms with Crippen molar-refractivity contribution in [1.29, 1.82) is 0 Å². The molecule has 1 N–H and O–H groups in total. The normalized spacial score (nSPS) is 27.5. The summed E-state index contributed by atoms with van der Waals surface area (Å²) < 4.78 is 11.8. The molecule has 3 fully saturated rings. The summed E-state index contributed by atoms with van der Waals surface area (Å²) in [5, 5.41) is 3.75. The summed E-state index contributed by atoms with van der Waals surface area (Å²) in [6.07, 6.45) is 9.17. The number of piperidine rings is 1. The van der Waals surface area contributed by atoms with Crippen molar-refractivity contribution < 1.29 is 14.3 Å². The Balaban J connectivity index is 1.25. The molecule has 2 atom stereocenters. The summed E-state index contributed by atoms with van der Waals surface area (Å²) in [5.74, 6) is 0.878. The number of hydrogen-bond acceptors (Lipinski definition) is 5. The highest BCUT2D eigenvalue weighted by Gasteiger charge is 2.32. The van der Waals surface area contributed by atoms with Crippen LogP contribution in [-0.4, -0.2) is 66.9 Å². The van der Waals surface area contributed by atoms with Crippen molar-refractivity contribution in [2.24, 2.45) is 5.92 Å². The fraction of sp³-hybridized carbons (Fsp3) is 0.700. The molecule has 2 saturated heterocycles. The first-order valence-corrected chi connectivity index (χ1v) is 9.94. The van der Waals surface area contributed by atoms with Crippen molar-refractivity contribution in [2.45, 2.75) is 50.3 Å². The van der Waals surface area contributed by atoms with E-state index in [2.05, 4.69) is 10.3 Å². The van der Waals surface area contributed by atoms with Crippen LogP contribution in [0.1, 0.15) is 42.5 Å². The fourth-order valence-corrected chi connectivity index (χ4v) is 3.84. The van der Waals surface area contributed by atoms with Gasteiger partial charge in [0.2, 0.25) is 0 Å². The van der Waals surface area contributed by atoms with E-state index in [0.29, 0.717) is 11.6 Å². The molecule has 2 aliphatic heterocycles. The van der Waals surface area contributed by atoms with Gasteiger partial charge >= 0.3 is 0 Å². The molecule has 3 heterocycles. The van der Waals surface area contributed by atoms with Crippen LogP contribution in [0.5, 0.6) is 0 Å². The van der Waals surface area contributed by atoms with Crippen LogP contribution in [0.3, 0.4) is 0 Å². The Morgan fingerprint density at radius 3 is 2.85 bits per heavy atom. The minimum absolute atomic E-state index is 0.0863. The third-order valence-electron chi connectivity index (χ3n) is 5.68. The van der Waals surface area contributed by atoms with Crippen molar-refractivity contribution in [1.82, 2.24) is 15.2 Å². The third kappa shape index (κ3) is 4.61. The summed E-state index contributed by atoms with van der Waals surface area (Å²) in [7, 11) is 0. The summed E-state index contributed by atoms with van der Waals surface area (Å²) in [6, 6.07) is 4.34. The number of pyridine rings is 1. The molecule has 1 aromatic heterocycles. The molecule has 6 heteroatoms. The van der Waals surface area contributed by atoms with Gasteiger partial charge in [0.15, 0.2) is 0 Å². The quantitative estimate of drug-likeness (QED) is 0.840. The average molecular weight is 359 g/mol. The molecule has 1 aromatic rings. The lowest BCUT2D eigenvalue weighted by Crippen LogP contribution is -2.55. The number of amides is 1. The third-order valence-corrected chi connectivity index (χ3v) is 5.68. The van der Waals surface area contributed by atoms with Crippen molar-refractivity contribution in [2.75, 3.05) is 32.9 Å². The lowest BCUT2D eigenvalue weighted by Gasteiger charge is -2.38. The lowest BCUT2D eigenvalue weighted by atomic mass is 10.00. The first-order chi connectivity index (χ1) is 12.8. The van der Waals surface area contributed by atoms with Gasteiger partial charge in [-0.3, -0.25) is 9.78 Å². The van der Waals surface area contributed by atoms with Crippen LogP contribution in [0.25, 0.3) is 0 Å². The van der Waals surface area contributed by atoms with Gasteiger partial charge in [-0.2, -0.15) is 0 Å². The highest BCUT2D eigenvalue weighted by Crippen LogP contribution is 2.30. The molecule has 0 aromatic carbocycles. The van der Waals surface area contributed by atoms with Gasteiger partial charge in [-0.15, -0.1) is 0 Å². The zero-order chi connectivity index (χ0) is 17.8. The molecule has 0 radical (unpaired) electrons. The second-order valence-corrected chi connectivity index (χ2v) is 7.76. The predicted molar refractivity (Wildman–Crippen MR) is 98.0 cm³/mol. The van der Waals surface area contributed by atoms with Crippen LogP contribution in [0.2, 0.25) is 0 Å². The SMILES string of the molecule is O=C(c1cccnc1)N1CCC(N[C@@H]2COCC[C@@H]2OCC2CC2)CC1. The average Bonchev–Trinajstić information content (AvgIpc) is 3.53. The number of rotatable bonds is 6.